The quantitative estimate of drug-likeness (QED) is 0.842. The van der Waals surface area contributed by atoms with Gasteiger partial charge in [0, 0.05) is 29.7 Å². The summed E-state index contributed by atoms with van der Waals surface area (Å²) in [7, 11) is 0. The normalized spacial score (nSPS) is 27.9. The molecule has 3 nitrogen and oxygen atoms in total. The van der Waals surface area contributed by atoms with Crippen LogP contribution in [-0.4, -0.2) is 14.9 Å². The van der Waals surface area contributed by atoms with E-state index in [1.807, 2.05) is 0 Å². The molecule has 2 aromatic heterocycles. The molecule has 1 aliphatic carbocycles. The zero-order valence-electron chi connectivity index (χ0n) is 13.4. The third-order valence-electron chi connectivity index (χ3n) is 5.12. The molecule has 1 fully saturated rings. The summed E-state index contributed by atoms with van der Waals surface area (Å²) in [6.45, 7) is 7.10. The molecule has 0 bridgehead atoms. The van der Waals surface area contributed by atoms with Crippen molar-refractivity contribution in [1.82, 2.24) is 9.38 Å². The second kappa shape index (κ2) is 5.40. The highest BCUT2D eigenvalue weighted by Crippen LogP contribution is 2.39. The van der Waals surface area contributed by atoms with Crippen molar-refractivity contribution in [1.29, 1.82) is 0 Å². The van der Waals surface area contributed by atoms with Crippen LogP contribution in [0.2, 0.25) is 0 Å². The predicted molar refractivity (Wildman–Crippen MR) is 89.7 cm³/mol. The molecule has 2 unspecified atom stereocenters. The molecule has 1 saturated carbocycles. The van der Waals surface area contributed by atoms with Gasteiger partial charge in [-0.15, -0.1) is 11.3 Å². The summed E-state index contributed by atoms with van der Waals surface area (Å²) in [4.78, 5) is 5.79. The van der Waals surface area contributed by atoms with Crippen LogP contribution in [0, 0.1) is 11.3 Å². The Balaban J connectivity index is 1.70. The summed E-state index contributed by atoms with van der Waals surface area (Å²) in [6.07, 6.45) is 11.2. The number of hydrogen-bond acceptors (Lipinski definition) is 3. The van der Waals surface area contributed by atoms with E-state index in [-0.39, 0.29) is 5.54 Å². The Hall–Kier alpha value is -0.870. The number of hydrogen-bond donors (Lipinski definition) is 1. The van der Waals surface area contributed by atoms with Gasteiger partial charge in [-0.05, 0) is 37.0 Å². The van der Waals surface area contributed by atoms with Gasteiger partial charge >= 0.3 is 0 Å². The fraction of sp³-hybridized carbons (Fsp3) is 0.706. The monoisotopic (exact) mass is 305 g/mol. The van der Waals surface area contributed by atoms with Crippen molar-refractivity contribution in [2.75, 3.05) is 0 Å². The molecule has 2 aromatic rings. The van der Waals surface area contributed by atoms with Crippen LogP contribution in [0.4, 0.5) is 0 Å². The lowest BCUT2D eigenvalue weighted by molar-refractivity contribution is 0.210. The minimum absolute atomic E-state index is 0.0654. The molecule has 2 atom stereocenters. The van der Waals surface area contributed by atoms with Crippen molar-refractivity contribution >= 4 is 16.3 Å². The number of nitrogens with two attached hydrogens (primary N) is 1. The Morgan fingerprint density at radius 2 is 2.19 bits per heavy atom. The number of aromatic nitrogens is 2. The summed E-state index contributed by atoms with van der Waals surface area (Å²) in [5.41, 5.74) is 8.23. The predicted octanol–water partition coefficient (Wildman–Crippen LogP) is 4.26. The van der Waals surface area contributed by atoms with Crippen LogP contribution in [0.25, 0.3) is 4.96 Å². The second-order valence-corrected chi connectivity index (χ2v) is 8.73. The van der Waals surface area contributed by atoms with Gasteiger partial charge in [-0.1, -0.05) is 27.2 Å². The van der Waals surface area contributed by atoms with Crippen molar-refractivity contribution in [3.8, 4) is 0 Å². The lowest BCUT2D eigenvalue weighted by Gasteiger charge is -2.31. The highest BCUT2D eigenvalue weighted by Gasteiger charge is 2.34. The van der Waals surface area contributed by atoms with E-state index in [1.54, 1.807) is 11.3 Å². The zero-order chi connectivity index (χ0) is 15.1. The van der Waals surface area contributed by atoms with Crippen molar-refractivity contribution < 1.29 is 0 Å². The van der Waals surface area contributed by atoms with Gasteiger partial charge in [-0.25, -0.2) is 4.98 Å². The highest BCUT2D eigenvalue weighted by molar-refractivity contribution is 7.15. The maximum atomic E-state index is 6.74. The van der Waals surface area contributed by atoms with Crippen LogP contribution in [0.1, 0.15) is 58.6 Å². The lowest BCUT2D eigenvalue weighted by Crippen LogP contribution is -2.41. The van der Waals surface area contributed by atoms with Crippen LogP contribution < -0.4 is 5.73 Å². The zero-order valence-corrected chi connectivity index (χ0v) is 14.2. The Morgan fingerprint density at radius 1 is 1.38 bits per heavy atom. The van der Waals surface area contributed by atoms with Crippen molar-refractivity contribution in [3.63, 3.8) is 0 Å². The molecule has 116 valence electrons. The van der Waals surface area contributed by atoms with Crippen LogP contribution in [0.3, 0.4) is 0 Å². The molecular formula is C17H27N3S. The number of imidazole rings is 1. The Labute approximate surface area is 131 Å². The number of nitrogens with zero attached hydrogens (tertiary/aromatic N) is 2. The van der Waals surface area contributed by atoms with Gasteiger partial charge in [0.1, 0.15) is 0 Å². The Bertz CT molecular complexity index is 578. The number of rotatable bonds is 2. The smallest absolute Gasteiger partial charge is 0.193 e. The molecule has 1 aliphatic rings. The molecule has 0 radical (unpaired) electrons. The molecule has 0 amide bonds. The lowest BCUT2D eigenvalue weighted by atomic mass is 9.76. The average Bonchev–Trinajstić information content (AvgIpc) is 2.86. The van der Waals surface area contributed by atoms with Gasteiger partial charge in [0.05, 0.1) is 5.69 Å². The average molecular weight is 305 g/mol. The van der Waals surface area contributed by atoms with Gasteiger partial charge in [0.25, 0.3) is 0 Å². The molecule has 21 heavy (non-hydrogen) atoms. The van der Waals surface area contributed by atoms with E-state index in [4.69, 9.17) is 10.7 Å². The molecule has 0 saturated heterocycles. The summed E-state index contributed by atoms with van der Waals surface area (Å²) in [6, 6.07) is 0. The molecule has 2 N–H and O–H groups in total. The van der Waals surface area contributed by atoms with Crippen molar-refractivity contribution in [2.24, 2.45) is 17.1 Å². The van der Waals surface area contributed by atoms with E-state index in [0.717, 1.165) is 35.8 Å². The van der Waals surface area contributed by atoms with Crippen LogP contribution in [0.15, 0.2) is 17.8 Å². The standard InChI is InChI=1S/C17H27N3S/c1-16(2,3)13-5-4-7-17(18,8-6-13)11-14-12-20-9-10-21-15(20)19-14/h9-10,12-13H,4-8,11,18H2,1-3H3. The van der Waals surface area contributed by atoms with E-state index in [1.165, 1.54) is 19.3 Å². The first kappa shape index (κ1) is 15.0. The Kier molecular flexibility index (Phi) is 3.87. The minimum Gasteiger partial charge on any atom is -0.325 e. The van der Waals surface area contributed by atoms with E-state index in [0.29, 0.717) is 5.41 Å². The van der Waals surface area contributed by atoms with Gasteiger partial charge in [-0.3, -0.25) is 4.40 Å². The summed E-state index contributed by atoms with van der Waals surface area (Å²) >= 11 is 1.69. The molecule has 3 rings (SSSR count). The van der Waals surface area contributed by atoms with E-state index in [2.05, 4.69) is 42.9 Å². The van der Waals surface area contributed by atoms with Crippen molar-refractivity contribution in [3.05, 3.63) is 23.5 Å². The summed E-state index contributed by atoms with van der Waals surface area (Å²) < 4.78 is 2.11. The summed E-state index contributed by atoms with van der Waals surface area (Å²) in [5.74, 6) is 0.799. The molecule has 2 heterocycles. The minimum atomic E-state index is -0.0654. The van der Waals surface area contributed by atoms with Gasteiger partial charge < -0.3 is 5.73 Å². The van der Waals surface area contributed by atoms with E-state index >= 15 is 0 Å². The van der Waals surface area contributed by atoms with Gasteiger partial charge in [0.15, 0.2) is 4.96 Å². The first-order chi connectivity index (χ1) is 9.86. The third-order valence-corrected chi connectivity index (χ3v) is 5.89. The van der Waals surface area contributed by atoms with Crippen LogP contribution >= 0.6 is 11.3 Å². The largest absolute Gasteiger partial charge is 0.325 e. The fourth-order valence-electron chi connectivity index (χ4n) is 3.70. The van der Waals surface area contributed by atoms with Crippen molar-refractivity contribution in [2.45, 2.75) is 64.8 Å². The molecule has 0 aromatic carbocycles. The summed E-state index contributed by atoms with van der Waals surface area (Å²) in [5, 5.41) is 2.07. The third kappa shape index (κ3) is 3.32. The van der Waals surface area contributed by atoms with E-state index in [9.17, 15) is 0 Å². The van der Waals surface area contributed by atoms with Crippen LogP contribution in [-0.2, 0) is 6.42 Å². The topological polar surface area (TPSA) is 43.3 Å². The first-order valence-corrected chi connectivity index (χ1v) is 8.94. The fourth-order valence-corrected chi connectivity index (χ4v) is 4.42. The molecule has 0 spiro atoms. The molecule has 4 heteroatoms. The van der Waals surface area contributed by atoms with Gasteiger partial charge in [-0.2, -0.15) is 0 Å². The Morgan fingerprint density at radius 3 is 2.90 bits per heavy atom. The maximum Gasteiger partial charge on any atom is 0.193 e. The number of fused-ring (bicyclic) bond motifs is 1. The second-order valence-electron chi connectivity index (χ2n) is 7.86. The molecule has 0 aliphatic heterocycles. The molecular weight excluding hydrogens is 278 g/mol. The SMILES string of the molecule is CC(C)(C)C1CCCC(N)(Cc2cn3ccsc3n2)CC1. The maximum absolute atomic E-state index is 6.74. The first-order valence-electron chi connectivity index (χ1n) is 8.06. The van der Waals surface area contributed by atoms with E-state index < -0.39 is 0 Å². The van der Waals surface area contributed by atoms with Crippen LogP contribution in [0.5, 0.6) is 0 Å². The van der Waals surface area contributed by atoms with Gasteiger partial charge in [0.2, 0.25) is 0 Å². The highest BCUT2D eigenvalue weighted by atomic mass is 32.1. The number of thiazole rings is 1.